The van der Waals surface area contributed by atoms with E-state index in [9.17, 15) is 19.1 Å². The van der Waals surface area contributed by atoms with E-state index in [0.29, 0.717) is 0 Å². The van der Waals surface area contributed by atoms with Crippen LogP contribution < -0.4 is 68.9 Å². The van der Waals surface area contributed by atoms with Crippen LogP contribution in [0, 0.1) is 0 Å². The van der Waals surface area contributed by atoms with E-state index in [1.54, 1.807) is 0 Å². The van der Waals surface area contributed by atoms with Crippen LogP contribution in [0.15, 0.2) is 0 Å². The molecule has 0 saturated heterocycles. The molecule has 11 heavy (non-hydrogen) atoms. The monoisotopic (exact) mass is 202 g/mol. The van der Waals surface area contributed by atoms with Gasteiger partial charge in [-0.3, -0.25) is 4.79 Å². The predicted octanol–water partition coefficient (Wildman–Crippen LogP) is -8.44. The third kappa shape index (κ3) is 24.5. The first-order valence-electron chi connectivity index (χ1n) is 1.64. The maximum atomic E-state index is 9.66. The predicted molar refractivity (Wildman–Crippen MR) is 23.0 cm³/mol. The minimum Gasteiger partial charge on any atom is -0.780 e. The van der Waals surface area contributed by atoms with E-state index in [1.165, 1.54) is 0 Å². The molecule has 0 atom stereocenters. The summed E-state index contributed by atoms with van der Waals surface area (Å²) in [6.45, 7) is 0.836. The molecule has 0 saturated carbocycles. The molecule has 0 fully saturated rings. The fraction of sp³-hybridized carbons (Fsp3) is 0.500. The first-order valence-corrected chi connectivity index (χ1v) is 3.10. The second-order valence-corrected chi connectivity index (χ2v) is 2.11. The SMILES string of the molecule is CC(=O)OP(=O)([O-])[O-].O.[Na+].[Na+]. The Morgan fingerprint density at radius 3 is 1.64 bits per heavy atom. The summed E-state index contributed by atoms with van der Waals surface area (Å²) in [5, 5.41) is 0. The van der Waals surface area contributed by atoms with E-state index in [0.717, 1.165) is 6.92 Å². The van der Waals surface area contributed by atoms with E-state index in [1.807, 2.05) is 0 Å². The Kier molecular flexibility index (Phi) is 20.1. The molecule has 0 unspecified atom stereocenters. The smallest absolute Gasteiger partial charge is 0.780 e. The van der Waals surface area contributed by atoms with Crippen molar-refractivity contribution in [1.29, 1.82) is 0 Å². The van der Waals surface area contributed by atoms with Crippen molar-refractivity contribution in [3.8, 4) is 0 Å². The molecule has 0 rings (SSSR count). The summed E-state index contributed by atoms with van der Waals surface area (Å²) < 4.78 is 12.7. The zero-order valence-electron chi connectivity index (χ0n) is 6.49. The molecule has 0 aromatic rings. The molecule has 0 aromatic heterocycles. The number of carbonyl (C=O) groups is 1. The summed E-state index contributed by atoms with van der Waals surface area (Å²) in [7, 11) is -5.07. The molecule has 0 amide bonds. The second-order valence-electron chi connectivity index (χ2n) is 1.03. The fourth-order valence-corrected chi connectivity index (χ4v) is 0.472. The van der Waals surface area contributed by atoms with Gasteiger partial charge in [-0.15, -0.1) is 0 Å². The first-order chi connectivity index (χ1) is 3.42. The van der Waals surface area contributed by atoms with Crippen molar-refractivity contribution in [3.05, 3.63) is 0 Å². The fourth-order valence-electron chi connectivity index (χ4n) is 0.157. The van der Waals surface area contributed by atoms with Crippen LogP contribution in [0.2, 0.25) is 0 Å². The number of hydrogen-bond acceptors (Lipinski definition) is 5. The summed E-state index contributed by atoms with van der Waals surface area (Å²) in [4.78, 5) is 28.6. The van der Waals surface area contributed by atoms with Crippen LogP contribution in [-0.2, 0) is 13.9 Å². The summed E-state index contributed by atoms with van der Waals surface area (Å²) in [6.07, 6.45) is 0. The number of phosphoric ester groups is 1. The summed E-state index contributed by atoms with van der Waals surface area (Å²) in [5.74, 6) is -1.11. The Bertz CT molecular complexity index is 142. The van der Waals surface area contributed by atoms with Gasteiger partial charge in [-0.05, 0) is 0 Å². The summed E-state index contributed by atoms with van der Waals surface area (Å²) >= 11 is 0. The molecule has 0 radical (unpaired) electrons. The van der Waals surface area contributed by atoms with Crippen molar-refractivity contribution in [3.63, 3.8) is 0 Å². The molecular weight excluding hydrogens is 197 g/mol. The second kappa shape index (κ2) is 9.67. The van der Waals surface area contributed by atoms with Gasteiger partial charge in [-0.25, -0.2) is 0 Å². The largest absolute Gasteiger partial charge is 1.00 e. The minimum absolute atomic E-state index is 0. The van der Waals surface area contributed by atoms with Gasteiger partial charge >= 0.3 is 65.1 Å². The topological polar surface area (TPSA) is 121 Å². The molecule has 0 aromatic carbocycles. The maximum Gasteiger partial charge on any atom is 1.00 e. The Labute approximate surface area is 108 Å². The Morgan fingerprint density at radius 1 is 1.36 bits per heavy atom. The zero-order chi connectivity index (χ0) is 6.78. The molecule has 0 aliphatic carbocycles. The molecule has 0 bridgehead atoms. The number of hydrogen-bond donors (Lipinski definition) is 0. The standard InChI is InChI=1S/C2H5O5P.2Na.H2O/c1-2(3)7-8(4,5)6;;;/h1H3,(H2,4,5,6);;;1H2/q;2*+1;/p-2. The van der Waals surface area contributed by atoms with Crippen LogP contribution >= 0.6 is 7.82 Å². The maximum absolute atomic E-state index is 9.66. The van der Waals surface area contributed by atoms with Crippen molar-refractivity contribution in [1.82, 2.24) is 0 Å². The summed E-state index contributed by atoms with van der Waals surface area (Å²) in [6, 6.07) is 0. The average molecular weight is 202 g/mol. The summed E-state index contributed by atoms with van der Waals surface area (Å²) in [5.41, 5.74) is 0. The van der Waals surface area contributed by atoms with Crippen LogP contribution in [0.25, 0.3) is 0 Å². The Morgan fingerprint density at radius 2 is 1.64 bits per heavy atom. The van der Waals surface area contributed by atoms with Gasteiger partial charge in [0.2, 0.25) is 0 Å². The molecule has 0 aliphatic rings. The van der Waals surface area contributed by atoms with E-state index < -0.39 is 13.8 Å². The molecule has 0 spiro atoms. The van der Waals surface area contributed by atoms with Crippen LogP contribution in [-0.4, -0.2) is 11.4 Å². The Hall–Kier alpha value is 1.58. The molecule has 2 N–H and O–H groups in total. The molecule has 9 heteroatoms. The van der Waals surface area contributed by atoms with Gasteiger partial charge in [0.25, 0.3) is 0 Å². The number of carbonyl (C=O) groups excluding carboxylic acids is 1. The first kappa shape index (κ1) is 22.9. The molecule has 0 aliphatic heterocycles. The molecule has 0 heterocycles. The van der Waals surface area contributed by atoms with Crippen molar-refractivity contribution < 1.29 is 88.3 Å². The van der Waals surface area contributed by atoms with Crippen molar-refractivity contribution in [2.45, 2.75) is 6.92 Å². The zero-order valence-corrected chi connectivity index (χ0v) is 11.4. The van der Waals surface area contributed by atoms with Gasteiger partial charge in [0.1, 0.15) is 7.82 Å². The minimum atomic E-state index is -5.07. The normalized spacial score (nSPS) is 7.91. The van der Waals surface area contributed by atoms with E-state index in [-0.39, 0.29) is 64.6 Å². The van der Waals surface area contributed by atoms with Gasteiger partial charge < -0.3 is 24.4 Å². The van der Waals surface area contributed by atoms with Crippen molar-refractivity contribution in [2.75, 3.05) is 0 Å². The number of rotatable bonds is 1. The third-order valence-electron chi connectivity index (χ3n) is 0.240. The number of phosphoric acid groups is 1. The van der Waals surface area contributed by atoms with Crippen LogP contribution in [0.3, 0.4) is 0 Å². The van der Waals surface area contributed by atoms with Gasteiger partial charge in [-0.2, -0.15) is 0 Å². The molecule has 56 valence electrons. The quantitative estimate of drug-likeness (QED) is 0.308. The molecule has 6 nitrogen and oxygen atoms in total. The van der Waals surface area contributed by atoms with Gasteiger partial charge in [0.15, 0.2) is 0 Å². The van der Waals surface area contributed by atoms with E-state index in [2.05, 4.69) is 4.52 Å². The average Bonchev–Trinajstić information content (AvgIpc) is 1.21. The van der Waals surface area contributed by atoms with Gasteiger partial charge in [0.05, 0.1) is 0 Å². The Balaban J connectivity index is -0.0000000817. The van der Waals surface area contributed by atoms with Crippen LogP contribution in [0.5, 0.6) is 0 Å². The van der Waals surface area contributed by atoms with E-state index in [4.69, 9.17) is 0 Å². The van der Waals surface area contributed by atoms with Gasteiger partial charge in [-0.1, -0.05) is 0 Å². The van der Waals surface area contributed by atoms with Crippen LogP contribution in [0.1, 0.15) is 6.92 Å². The molecular formula is C2H5Na2O6P. The third-order valence-corrected chi connectivity index (χ3v) is 0.721. The van der Waals surface area contributed by atoms with Gasteiger partial charge in [0, 0.05) is 6.92 Å². The van der Waals surface area contributed by atoms with Crippen LogP contribution in [0.4, 0.5) is 0 Å². The van der Waals surface area contributed by atoms with Crippen molar-refractivity contribution in [2.24, 2.45) is 0 Å². The van der Waals surface area contributed by atoms with Crippen molar-refractivity contribution >= 4 is 13.8 Å². The van der Waals surface area contributed by atoms with E-state index >= 15 is 0 Å².